The van der Waals surface area contributed by atoms with Crippen molar-refractivity contribution in [2.45, 2.75) is 19.8 Å². The van der Waals surface area contributed by atoms with Crippen molar-refractivity contribution in [1.82, 2.24) is 5.32 Å². The molecule has 0 aliphatic carbocycles. The summed E-state index contributed by atoms with van der Waals surface area (Å²) in [5.74, 6) is -5.88. The van der Waals surface area contributed by atoms with Gasteiger partial charge in [-0.05, 0) is 36.2 Å². The Morgan fingerprint density at radius 1 is 0.963 bits per heavy atom. The molecule has 0 aliphatic rings. The maximum atomic E-state index is 13.9. The van der Waals surface area contributed by atoms with Gasteiger partial charge in [-0.25, -0.2) is 17.6 Å². The number of nitrogens with zero attached hydrogens (tertiary/aromatic N) is 1. The summed E-state index contributed by atoms with van der Waals surface area (Å²) in [6.07, 6.45) is 0.335. The van der Waals surface area contributed by atoms with E-state index in [0.29, 0.717) is 19.0 Å². The van der Waals surface area contributed by atoms with Gasteiger partial charge in [0.2, 0.25) is 11.8 Å². The van der Waals surface area contributed by atoms with Gasteiger partial charge in [0, 0.05) is 26.4 Å². The van der Waals surface area contributed by atoms with E-state index in [1.807, 2.05) is 0 Å². The number of rotatable bonds is 7. The van der Waals surface area contributed by atoms with E-state index >= 15 is 0 Å². The van der Waals surface area contributed by atoms with Crippen LogP contribution in [0.15, 0.2) is 36.4 Å². The van der Waals surface area contributed by atoms with Gasteiger partial charge in [0.15, 0.2) is 17.5 Å². The Morgan fingerprint density at radius 3 is 2.26 bits per heavy atom. The van der Waals surface area contributed by atoms with Crippen LogP contribution in [0, 0.1) is 23.3 Å². The first-order valence-electron chi connectivity index (χ1n) is 8.22. The predicted octanol–water partition coefficient (Wildman–Crippen LogP) is 3.34. The Labute approximate surface area is 153 Å². The van der Waals surface area contributed by atoms with Crippen molar-refractivity contribution in [3.63, 3.8) is 0 Å². The number of carbonyl (C=O) groups is 2. The highest BCUT2D eigenvalue weighted by molar-refractivity contribution is 5.92. The average molecular weight is 382 g/mol. The zero-order valence-corrected chi connectivity index (χ0v) is 14.6. The van der Waals surface area contributed by atoms with E-state index in [-0.39, 0.29) is 18.8 Å². The third kappa shape index (κ3) is 5.54. The summed E-state index contributed by atoms with van der Waals surface area (Å²) < 4.78 is 53.1. The largest absolute Gasteiger partial charge is 0.356 e. The molecule has 0 unspecified atom stereocenters. The second-order valence-corrected chi connectivity index (χ2v) is 5.84. The SMILES string of the molecule is CC(=O)N(CCC(=O)NCCc1ccc(F)cc1)c1ccc(F)c(F)c1F. The molecule has 0 spiro atoms. The smallest absolute Gasteiger partial charge is 0.223 e. The highest BCUT2D eigenvalue weighted by Crippen LogP contribution is 2.24. The van der Waals surface area contributed by atoms with Crippen LogP contribution in [0.5, 0.6) is 0 Å². The Hall–Kier alpha value is -2.90. The minimum absolute atomic E-state index is 0.151. The molecule has 0 bridgehead atoms. The average Bonchev–Trinajstić information content (AvgIpc) is 2.63. The van der Waals surface area contributed by atoms with Crippen LogP contribution in [0.4, 0.5) is 23.2 Å². The molecule has 1 N–H and O–H groups in total. The fourth-order valence-electron chi connectivity index (χ4n) is 2.47. The minimum Gasteiger partial charge on any atom is -0.356 e. The summed E-state index contributed by atoms with van der Waals surface area (Å²) in [5, 5.41) is 2.63. The molecule has 0 radical (unpaired) electrons. The van der Waals surface area contributed by atoms with Crippen LogP contribution < -0.4 is 10.2 Å². The third-order valence-electron chi connectivity index (χ3n) is 3.90. The first-order chi connectivity index (χ1) is 12.8. The van der Waals surface area contributed by atoms with E-state index < -0.39 is 35.0 Å². The van der Waals surface area contributed by atoms with Gasteiger partial charge in [0.1, 0.15) is 5.82 Å². The lowest BCUT2D eigenvalue weighted by molar-refractivity contribution is -0.121. The minimum atomic E-state index is -1.68. The zero-order chi connectivity index (χ0) is 20.0. The molecule has 2 rings (SSSR count). The molecule has 0 heterocycles. The number of amides is 2. The molecule has 2 aromatic carbocycles. The molecule has 0 fully saturated rings. The summed E-state index contributed by atoms with van der Waals surface area (Å²) in [4.78, 5) is 24.5. The Morgan fingerprint density at radius 2 is 1.63 bits per heavy atom. The summed E-state index contributed by atoms with van der Waals surface area (Å²) in [7, 11) is 0. The molecule has 0 saturated carbocycles. The number of benzene rings is 2. The highest BCUT2D eigenvalue weighted by Gasteiger charge is 2.21. The summed E-state index contributed by atoms with van der Waals surface area (Å²) in [6, 6.07) is 7.50. The van der Waals surface area contributed by atoms with Crippen LogP contribution >= 0.6 is 0 Å². The van der Waals surface area contributed by atoms with Gasteiger partial charge >= 0.3 is 0 Å². The van der Waals surface area contributed by atoms with Gasteiger partial charge < -0.3 is 10.2 Å². The fourth-order valence-corrected chi connectivity index (χ4v) is 2.47. The zero-order valence-electron chi connectivity index (χ0n) is 14.6. The first kappa shape index (κ1) is 20.4. The van der Waals surface area contributed by atoms with Gasteiger partial charge in [-0.15, -0.1) is 0 Å². The number of nitrogens with one attached hydrogen (secondary N) is 1. The van der Waals surface area contributed by atoms with E-state index in [4.69, 9.17) is 0 Å². The molecule has 0 saturated heterocycles. The van der Waals surface area contributed by atoms with Crippen molar-refractivity contribution in [2.75, 3.05) is 18.0 Å². The monoisotopic (exact) mass is 382 g/mol. The predicted molar refractivity (Wildman–Crippen MR) is 92.1 cm³/mol. The van der Waals surface area contributed by atoms with E-state index in [1.54, 1.807) is 12.1 Å². The standard InChI is InChI=1S/C19H18F4N2O2/c1-12(26)25(16-7-6-15(21)18(22)19(16)23)11-9-17(27)24-10-8-13-2-4-14(20)5-3-13/h2-7H,8-11H2,1H3,(H,24,27). The van der Waals surface area contributed by atoms with Crippen LogP contribution in [0.3, 0.4) is 0 Å². The van der Waals surface area contributed by atoms with E-state index in [0.717, 1.165) is 23.5 Å². The van der Waals surface area contributed by atoms with Crippen molar-refractivity contribution < 1.29 is 27.2 Å². The topological polar surface area (TPSA) is 49.4 Å². The molecule has 0 aromatic heterocycles. The van der Waals surface area contributed by atoms with Crippen LogP contribution in [0.25, 0.3) is 0 Å². The lowest BCUT2D eigenvalue weighted by Gasteiger charge is -2.21. The molecule has 4 nitrogen and oxygen atoms in total. The van der Waals surface area contributed by atoms with Crippen molar-refractivity contribution >= 4 is 17.5 Å². The van der Waals surface area contributed by atoms with Gasteiger partial charge in [0.05, 0.1) is 5.69 Å². The summed E-state index contributed by atoms with van der Waals surface area (Å²) >= 11 is 0. The molecule has 2 aromatic rings. The maximum Gasteiger partial charge on any atom is 0.223 e. The Bertz CT molecular complexity index is 825. The summed E-state index contributed by atoms with van der Waals surface area (Å²) in [5.41, 5.74) is 0.409. The first-order valence-corrected chi connectivity index (χ1v) is 8.22. The quantitative estimate of drug-likeness (QED) is 0.590. The third-order valence-corrected chi connectivity index (χ3v) is 3.90. The normalized spacial score (nSPS) is 10.6. The molecule has 8 heteroatoms. The lowest BCUT2D eigenvalue weighted by atomic mass is 10.1. The second-order valence-electron chi connectivity index (χ2n) is 5.84. The van der Waals surface area contributed by atoms with Gasteiger partial charge in [0.25, 0.3) is 0 Å². The van der Waals surface area contributed by atoms with Crippen molar-refractivity contribution in [3.8, 4) is 0 Å². The highest BCUT2D eigenvalue weighted by atomic mass is 19.2. The molecule has 0 aliphatic heterocycles. The van der Waals surface area contributed by atoms with Crippen molar-refractivity contribution in [3.05, 3.63) is 65.2 Å². The molecular formula is C19H18F4N2O2. The second kappa shape index (κ2) is 9.16. The number of hydrogen-bond donors (Lipinski definition) is 1. The van der Waals surface area contributed by atoms with Crippen LogP contribution in [-0.2, 0) is 16.0 Å². The number of carbonyl (C=O) groups excluding carboxylic acids is 2. The van der Waals surface area contributed by atoms with E-state index in [2.05, 4.69) is 5.32 Å². The van der Waals surface area contributed by atoms with Gasteiger partial charge in [-0.2, -0.15) is 0 Å². The molecule has 27 heavy (non-hydrogen) atoms. The van der Waals surface area contributed by atoms with Crippen molar-refractivity contribution in [1.29, 1.82) is 0 Å². The number of hydrogen-bond acceptors (Lipinski definition) is 2. The van der Waals surface area contributed by atoms with Crippen LogP contribution in [0.1, 0.15) is 18.9 Å². The maximum absolute atomic E-state index is 13.9. The number of halogens is 4. The number of anilines is 1. The van der Waals surface area contributed by atoms with E-state index in [1.165, 1.54) is 12.1 Å². The van der Waals surface area contributed by atoms with E-state index in [9.17, 15) is 27.2 Å². The van der Waals surface area contributed by atoms with Crippen LogP contribution in [0.2, 0.25) is 0 Å². The molecular weight excluding hydrogens is 364 g/mol. The van der Waals surface area contributed by atoms with Gasteiger partial charge in [-0.3, -0.25) is 9.59 Å². The van der Waals surface area contributed by atoms with Gasteiger partial charge in [-0.1, -0.05) is 12.1 Å². The lowest BCUT2D eigenvalue weighted by Crippen LogP contribution is -2.35. The van der Waals surface area contributed by atoms with Crippen molar-refractivity contribution in [2.24, 2.45) is 0 Å². The van der Waals surface area contributed by atoms with Crippen LogP contribution in [-0.4, -0.2) is 24.9 Å². The Balaban J connectivity index is 1.90. The molecule has 144 valence electrons. The Kier molecular flexibility index (Phi) is 6.92. The molecule has 0 atom stereocenters. The summed E-state index contributed by atoms with van der Waals surface area (Å²) in [6.45, 7) is 1.23. The fraction of sp³-hybridized carbons (Fsp3) is 0.263. The molecule has 2 amide bonds.